The molecule has 5 heteroatoms. The molecule has 5 nitrogen and oxygen atoms in total. The lowest BCUT2D eigenvalue weighted by molar-refractivity contribution is -0.232. The number of ether oxygens (including phenoxy) is 2. The fourth-order valence-corrected chi connectivity index (χ4v) is 7.91. The van der Waals surface area contributed by atoms with Crippen molar-refractivity contribution in [1.29, 1.82) is 0 Å². The molecular formula is C27H40O5. The molecule has 4 rings (SSSR count). The molecule has 0 saturated heterocycles. The molecule has 4 aliphatic rings. The van der Waals surface area contributed by atoms with Crippen molar-refractivity contribution in [2.24, 2.45) is 28.6 Å². The maximum absolute atomic E-state index is 12.9. The van der Waals surface area contributed by atoms with Gasteiger partial charge in [0.1, 0.15) is 11.9 Å². The highest BCUT2D eigenvalue weighted by Gasteiger charge is 2.71. The normalized spacial score (nSPS) is 45.9. The van der Waals surface area contributed by atoms with E-state index >= 15 is 0 Å². The first kappa shape index (κ1) is 23.7. The van der Waals surface area contributed by atoms with Crippen LogP contribution in [0.25, 0.3) is 0 Å². The molecule has 0 aromatic heterocycles. The van der Waals surface area contributed by atoms with Crippen molar-refractivity contribution < 1.29 is 24.2 Å². The summed E-state index contributed by atoms with van der Waals surface area (Å²) in [6.45, 7) is 9.55. The van der Waals surface area contributed by atoms with Gasteiger partial charge in [-0.05, 0) is 83.0 Å². The van der Waals surface area contributed by atoms with Crippen LogP contribution in [-0.2, 0) is 19.1 Å². The Kier molecular flexibility index (Phi) is 5.99. The third-order valence-electron chi connectivity index (χ3n) is 10.1. The molecule has 8 atom stereocenters. The molecule has 0 spiro atoms. The van der Waals surface area contributed by atoms with E-state index in [0.717, 1.165) is 25.7 Å². The van der Waals surface area contributed by atoms with Gasteiger partial charge in [0, 0.05) is 24.0 Å². The summed E-state index contributed by atoms with van der Waals surface area (Å²) < 4.78 is 11.8. The minimum atomic E-state index is -1.02. The summed E-state index contributed by atoms with van der Waals surface area (Å²) in [4.78, 5) is 25.6. The second-order valence-corrected chi connectivity index (χ2v) is 11.2. The minimum Gasteiger partial charge on any atom is -0.458 e. The third kappa shape index (κ3) is 3.18. The quantitative estimate of drug-likeness (QED) is 0.384. The number of esters is 1. The number of carbonyl (C=O) groups excluding carboxylic acids is 2. The Bertz CT molecular complexity index is 858. The number of ketones is 1. The smallest absolute Gasteiger partial charge is 0.333 e. The lowest BCUT2D eigenvalue weighted by Gasteiger charge is -2.63. The molecule has 0 aliphatic heterocycles. The molecule has 32 heavy (non-hydrogen) atoms. The largest absolute Gasteiger partial charge is 0.458 e. The van der Waals surface area contributed by atoms with E-state index in [0.29, 0.717) is 24.8 Å². The van der Waals surface area contributed by atoms with E-state index in [4.69, 9.17) is 9.47 Å². The first-order valence-electron chi connectivity index (χ1n) is 12.3. The molecule has 1 N–H and O–H groups in total. The van der Waals surface area contributed by atoms with Crippen molar-refractivity contribution in [3.05, 3.63) is 23.3 Å². The maximum atomic E-state index is 12.9. The van der Waals surface area contributed by atoms with E-state index in [2.05, 4.69) is 13.0 Å². The van der Waals surface area contributed by atoms with Crippen LogP contribution in [0, 0.1) is 28.6 Å². The third-order valence-corrected chi connectivity index (χ3v) is 10.1. The van der Waals surface area contributed by atoms with Crippen molar-refractivity contribution in [2.75, 3.05) is 7.11 Å². The first-order chi connectivity index (χ1) is 15.0. The Hall–Kier alpha value is -1.46. The number of hydrogen-bond donors (Lipinski definition) is 1. The van der Waals surface area contributed by atoms with Crippen LogP contribution in [0.3, 0.4) is 0 Å². The highest BCUT2D eigenvalue weighted by Crippen LogP contribution is 2.68. The van der Waals surface area contributed by atoms with Gasteiger partial charge >= 0.3 is 5.97 Å². The Morgan fingerprint density at radius 2 is 1.88 bits per heavy atom. The number of rotatable bonds is 4. The van der Waals surface area contributed by atoms with E-state index < -0.39 is 17.1 Å². The highest BCUT2D eigenvalue weighted by atomic mass is 16.5. The standard InChI is InChI=1S/C27H40O5/c1-7-16(2)24(29)32-23-15-22-21(27(30)13-11-20(17(3)28)26(23,27)5)9-8-18-14-19(31-6)10-12-25(18,22)4/h7-8,19-23,30H,9-15H2,1-6H3/b16-7+/t19-,20+,21?,22?,23+,25-,26-,27-/m0/s1. The van der Waals surface area contributed by atoms with Crippen LogP contribution in [-0.4, -0.2) is 41.8 Å². The number of fused-ring (bicyclic) bond motifs is 5. The van der Waals surface area contributed by atoms with Gasteiger partial charge in [0.05, 0.1) is 11.7 Å². The second-order valence-electron chi connectivity index (χ2n) is 11.2. The summed E-state index contributed by atoms with van der Waals surface area (Å²) in [5, 5.41) is 12.4. The Labute approximate surface area is 192 Å². The summed E-state index contributed by atoms with van der Waals surface area (Å²) in [7, 11) is 1.79. The second kappa shape index (κ2) is 8.09. The van der Waals surface area contributed by atoms with E-state index in [-0.39, 0.29) is 41.0 Å². The van der Waals surface area contributed by atoms with Crippen molar-refractivity contribution in [3.63, 3.8) is 0 Å². The van der Waals surface area contributed by atoms with Crippen molar-refractivity contribution in [2.45, 2.75) is 97.4 Å². The van der Waals surface area contributed by atoms with E-state index in [1.54, 1.807) is 27.0 Å². The van der Waals surface area contributed by atoms with Crippen LogP contribution in [0.2, 0.25) is 0 Å². The number of hydrogen-bond acceptors (Lipinski definition) is 5. The van der Waals surface area contributed by atoms with Gasteiger partial charge in [-0.1, -0.05) is 31.6 Å². The van der Waals surface area contributed by atoms with Crippen molar-refractivity contribution >= 4 is 11.8 Å². The van der Waals surface area contributed by atoms with Crippen LogP contribution in [0.5, 0.6) is 0 Å². The monoisotopic (exact) mass is 444 g/mol. The SMILES string of the molecule is C/C=C(\C)C(=O)O[C@@H]1CC2C(CC=C3C[C@@H](OC)CC[C@@]32C)[C@@]2(O)CC[C@H](C(C)=O)[C@@]12C. The van der Waals surface area contributed by atoms with Crippen LogP contribution in [0.15, 0.2) is 23.3 Å². The van der Waals surface area contributed by atoms with Crippen molar-refractivity contribution in [3.8, 4) is 0 Å². The number of carbonyl (C=O) groups is 2. The average Bonchev–Trinajstić information content (AvgIpc) is 3.05. The molecule has 0 aromatic carbocycles. The Balaban J connectivity index is 1.78. The molecule has 0 aromatic rings. The molecule has 4 aliphatic carbocycles. The summed E-state index contributed by atoms with van der Waals surface area (Å²) in [5.74, 6) is -0.257. The Morgan fingerprint density at radius 3 is 2.50 bits per heavy atom. The highest BCUT2D eigenvalue weighted by molar-refractivity contribution is 5.88. The van der Waals surface area contributed by atoms with Gasteiger partial charge in [0.25, 0.3) is 0 Å². The molecular weight excluding hydrogens is 404 g/mol. The number of methoxy groups -OCH3 is 1. The van der Waals surface area contributed by atoms with Crippen LogP contribution >= 0.6 is 0 Å². The summed E-state index contributed by atoms with van der Waals surface area (Å²) >= 11 is 0. The topological polar surface area (TPSA) is 72.8 Å². The van der Waals surface area contributed by atoms with E-state index in [1.807, 2.05) is 13.8 Å². The molecule has 0 radical (unpaired) electrons. The first-order valence-corrected chi connectivity index (χ1v) is 12.3. The van der Waals surface area contributed by atoms with Crippen LogP contribution in [0.1, 0.15) is 79.6 Å². The van der Waals surface area contributed by atoms with Gasteiger partial charge in [-0.2, -0.15) is 0 Å². The van der Waals surface area contributed by atoms with Crippen LogP contribution < -0.4 is 0 Å². The predicted molar refractivity (Wildman–Crippen MR) is 123 cm³/mol. The summed E-state index contributed by atoms with van der Waals surface area (Å²) in [6.07, 6.45) is 9.58. The van der Waals surface area contributed by atoms with Crippen LogP contribution in [0.4, 0.5) is 0 Å². The average molecular weight is 445 g/mol. The van der Waals surface area contributed by atoms with Gasteiger partial charge in [0.15, 0.2) is 0 Å². The van der Waals surface area contributed by atoms with Gasteiger partial charge in [0.2, 0.25) is 0 Å². The Morgan fingerprint density at radius 1 is 1.16 bits per heavy atom. The maximum Gasteiger partial charge on any atom is 0.333 e. The minimum absolute atomic E-state index is 0.0381. The van der Waals surface area contributed by atoms with E-state index in [9.17, 15) is 14.7 Å². The molecule has 0 heterocycles. The zero-order valence-corrected chi connectivity index (χ0v) is 20.6. The molecule has 2 unspecified atom stereocenters. The summed E-state index contributed by atoms with van der Waals surface area (Å²) in [6, 6.07) is 0. The molecule has 3 saturated carbocycles. The lowest BCUT2D eigenvalue weighted by atomic mass is 9.45. The molecule has 3 fully saturated rings. The fraction of sp³-hybridized carbons (Fsp3) is 0.778. The summed E-state index contributed by atoms with van der Waals surface area (Å²) in [5.41, 5.74) is 0.163. The molecule has 0 bridgehead atoms. The van der Waals surface area contributed by atoms with Crippen molar-refractivity contribution in [1.82, 2.24) is 0 Å². The number of allylic oxidation sites excluding steroid dienone is 2. The number of Topliss-reactive ketones (excluding diaryl/α,β-unsaturated/α-hetero) is 1. The molecule has 178 valence electrons. The zero-order valence-electron chi connectivity index (χ0n) is 20.6. The van der Waals surface area contributed by atoms with E-state index in [1.165, 1.54) is 5.57 Å². The molecule has 0 amide bonds. The van der Waals surface area contributed by atoms with Gasteiger partial charge in [-0.3, -0.25) is 4.79 Å². The van der Waals surface area contributed by atoms with Gasteiger partial charge < -0.3 is 14.6 Å². The van der Waals surface area contributed by atoms with Gasteiger partial charge in [-0.15, -0.1) is 0 Å². The fourth-order valence-electron chi connectivity index (χ4n) is 7.91. The zero-order chi connectivity index (χ0) is 23.5. The lowest BCUT2D eigenvalue weighted by Crippen LogP contribution is -2.66. The predicted octanol–water partition coefficient (Wildman–Crippen LogP) is 4.77. The van der Waals surface area contributed by atoms with Gasteiger partial charge in [-0.25, -0.2) is 4.79 Å². The number of aliphatic hydroxyl groups is 1.